The predicted octanol–water partition coefficient (Wildman–Crippen LogP) is 4.83. The molecule has 1 aromatic heterocycles. The predicted molar refractivity (Wildman–Crippen MR) is 109 cm³/mol. The maximum atomic E-state index is 12.5. The number of carbonyl (C=O) groups excluding carboxylic acids is 2. The van der Waals surface area contributed by atoms with Crippen molar-refractivity contribution in [2.75, 3.05) is 17.7 Å². The Morgan fingerprint density at radius 1 is 1.00 bits per heavy atom. The summed E-state index contributed by atoms with van der Waals surface area (Å²) < 4.78 is 4.65. The van der Waals surface area contributed by atoms with E-state index in [1.807, 2.05) is 19.1 Å². The Balaban J connectivity index is 1.72. The van der Waals surface area contributed by atoms with Crippen molar-refractivity contribution in [3.8, 4) is 0 Å². The summed E-state index contributed by atoms with van der Waals surface area (Å²) in [7, 11) is 1.32. The van der Waals surface area contributed by atoms with Crippen molar-refractivity contribution >= 4 is 40.5 Å². The number of esters is 1. The van der Waals surface area contributed by atoms with Crippen LogP contribution in [0.5, 0.6) is 0 Å². The second-order valence-electron chi connectivity index (χ2n) is 6.04. The maximum Gasteiger partial charge on any atom is 0.337 e. The van der Waals surface area contributed by atoms with Crippen molar-refractivity contribution in [3.05, 3.63) is 82.6 Å². The number of hydrogen-bond donors (Lipinski definition) is 2. The molecule has 0 spiro atoms. The maximum absolute atomic E-state index is 12.5. The molecule has 0 aliphatic carbocycles. The third-order valence-electron chi connectivity index (χ3n) is 4.02. The van der Waals surface area contributed by atoms with Gasteiger partial charge in [0.05, 0.1) is 12.7 Å². The lowest BCUT2D eigenvalue weighted by Crippen LogP contribution is -2.14. The van der Waals surface area contributed by atoms with Gasteiger partial charge < -0.3 is 15.4 Å². The Morgan fingerprint density at radius 3 is 2.43 bits per heavy atom. The largest absolute Gasteiger partial charge is 0.465 e. The van der Waals surface area contributed by atoms with Crippen LogP contribution in [0.25, 0.3) is 0 Å². The molecule has 0 radical (unpaired) electrons. The minimum Gasteiger partial charge on any atom is -0.465 e. The Hall–Kier alpha value is -3.38. The normalized spacial score (nSPS) is 10.2. The highest BCUT2D eigenvalue weighted by atomic mass is 35.5. The van der Waals surface area contributed by atoms with Gasteiger partial charge in [0.2, 0.25) is 0 Å². The molecule has 28 heavy (non-hydrogen) atoms. The summed E-state index contributed by atoms with van der Waals surface area (Å²) in [6, 6.07) is 15.4. The lowest BCUT2D eigenvalue weighted by molar-refractivity contribution is 0.0600. The van der Waals surface area contributed by atoms with Gasteiger partial charge >= 0.3 is 5.97 Å². The van der Waals surface area contributed by atoms with Crippen molar-refractivity contribution in [1.29, 1.82) is 0 Å². The second-order valence-corrected chi connectivity index (χ2v) is 6.47. The number of carbonyl (C=O) groups is 2. The van der Waals surface area contributed by atoms with E-state index < -0.39 is 5.97 Å². The number of nitrogens with zero attached hydrogens (tertiary/aromatic N) is 1. The smallest absolute Gasteiger partial charge is 0.337 e. The monoisotopic (exact) mass is 395 g/mol. The summed E-state index contributed by atoms with van der Waals surface area (Å²) in [6.07, 6.45) is 1.56. The molecule has 0 fully saturated rings. The molecule has 0 saturated heterocycles. The number of anilines is 3. The number of halogens is 1. The van der Waals surface area contributed by atoms with Crippen LogP contribution in [0.15, 0.2) is 60.8 Å². The van der Waals surface area contributed by atoms with Crippen LogP contribution in [0.1, 0.15) is 26.4 Å². The fraction of sp³-hybridized carbons (Fsp3) is 0.0952. The van der Waals surface area contributed by atoms with E-state index >= 15 is 0 Å². The van der Waals surface area contributed by atoms with Crippen LogP contribution in [0.3, 0.4) is 0 Å². The molecule has 0 unspecified atom stereocenters. The molecule has 3 rings (SSSR count). The van der Waals surface area contributed by atoms with E-state index in [2.05, 4.69) is 20.4 Å². The van der Waals surface area contributed by atoms with Crippen LogP contribution in [0, 0.1) is 6.92 Å². The van der Waals surface area contributed by atoms with Crippen molar-refractivity contribution in [2.45, 2.75) is 6.92 Å². The van der Waals surface area contributed by atoms with Crippen molar-refractivity contribution in [1.82, 2.24) is 4.98 Å². The number of benzene rings is 2. The van der Waals surface area contributed by atoms with Gasteiger partial charge in [-0.1, -0.05) is 11.6 Å². The van der Waals surface area contributed by atoms with Gasteiger partial charge in [-0.15, -0.1) is 0 Å². The fourth-order valence-corrected chi connectivity index (χ4v) is 2.78. The molecule has 0 bridgehead atoms. The summed E-state index contributed by atoms with van der Waals surface area (Å²) in [6.45, 7) is 1.95. The molecule has 2 N–H and O–H groups in total. The molecule has 0 atom stereocenters. The number of pyridine rings is 1. The van der Waals surface area contributed by atoms with Crippen molar-refractivity contribution in [3.63, 3.8) is 0 Å². The second kappa shape index (κ2) is 8.54. The first-order chi connectivity index (χ1) is 13.5. The zero-order valence-electron chi connectivity index (χ0n) is 15.3. The van der Waals surface area contributed by atoms with E-state index in [4.69, 9.17) is 11.6 Å². The number of nitrogens with one attached hydrogen (secondary N) is 2. The van der Waals surface area contributed by atoms with Crippen molar-refractivity contribution < 1.29 is 14.3 Å². The number of amides is 1. The third kappa shape index (κ3) is 4.66. The number of hydrogen-bond acceptors (Lipinski definition) is 5. The third-order valence-corrected chi connectivity index (χ3v) is 4.26. The van der Waals surface area contributed by atoms with Gasteiger partial charge in [-0.2, -0.15) is 0 Å². The molecule has 1 amide bonds. The standard InChI is InChI=1S/C21H18ClN3O3/c1-13-11-15(22)5-8-18(13)24-17-9-10-23-19(12-17)20(26)25-16-6-3-14(4-7-16)21(27)28-2/h3-12H,1-2H3,(H,23,24)(H,25,26). The summed E-state index contributed by atoms with van der Waals surface area (Å²) in [5.74, 6) is -0.793. The van der Waals surface area contributed by atoms with E-state index in [0.717, 1.165) is 16.9 Å². The highest BCUT2D eigenvalue weighted by molar-refractivity contribution is 6.30. The van der Waals surface area contributed by atoms with Crippen LogP contribution in [-0.4, -0.2) is 24.0 Å². The van der Waals surface area contributed by atoms with Gasteiger partial charge in [0.15, 0.2) is 0 Å². The summed E-state index contributed by atoms with van der Waals surface area (Å²) in [5.41, 5.74) is 3.82. The Kier molecular flexibility index (Phi) is 5.91. The number of rotatable bonds is 5. The molecule has 3 aromatic rings. The van der Waals surface area contributed by atoms with E-state index in [1.165, 1.54) is 7.11 Å². The molecular weight excluding hydrogens is 378 g/mol. The molecule has 0 aliphatic heterocycles. The minimum atomic E-state index is -0.434. The van der Waals surface area contributed by atoms with Gasteiger partial charge in [-0.25, -0.2) is 4.79 Å². The molecule has 0 aliphatic rings. The number of aryl methyl sites for hydroxylation is 1. The molecule has 1 heterocycles. The SMILES string of the molecule is COC(=O)c1ccc(NC(=O)c2cc(Nc3ccc(Cl)cc3C)ccn2)cc1. The van der Waals surface area contributed by atoms with Crippen molar-refractivity contribution in [2.24, 2.45) is 0 Å². The molecule has 6 nitrogen and oxygen atoms in total. The summed E-state index contributed by atoms with van der Waals surface area (Å²) >= 11 is 5.98. The van der Waals surface area contributed by atoms with Gasteiger partial charge in [0.1, 0.15) is 5.69 Å². The zero-order chi connectivity index (χ0) is 20.1. The Morgan fingerprint density at radius 2 is 1.75 bits per heavy atom. The first kappa shape index (κ1) is 19.4. The van der Waals surface area contributed by atoms with Gasteiger partial charge in [-0.05, 0) is 67.1 Å². The van der Waals surface area contributed by atoms with Gasteiger partial charge in [0, 0.05) is 28.3 Å². The van der Waals surface area contributed by atoms with E-state index in [-0.39, 0.29) is 11.6 Å². The van der Waals surface area contributed by atoms with Crippen LogP contribution in [-0.2, 0) is 4.74 Å². The summed E-state index contributed by atoms with van der Waals surface area (Å²) in [5, 5.41) is 6.67. The van der Waals surface area contributed by atoms with Gasteiger partial charge in [-0.3, -0.25) is 9.78 Å². The Labute approximate surface area is 167 Å². The van der Waals surface area contributed by atoms with Crippen LogP contribution in [0.4, 0.5) is 17.1 Å². The van der Waals surface area contributed by atoms with Crippen LogP contribution < -0.4 is 10.6 Å². The highest BCUT2D eigenvalue weighted by Gasteiger charge is 2.10. The average Bonchev–Trinajstić information content (AvgIpc) is 2.70. The Bertz CT molecular complexity index is 1020. The highest BCUT2D eigenvalue weighted by Crippen LogP contribution is 2.24. The average molecular weight is 396 g/mol. The zero-order valence-corrected chi connectivity index (χ0v) is 16.1. The lowest BCUT2D eigenvalue weighted by atomic mass is 10.2. The molecule has 7 heteroatoms. The summed E-state index contributed by atoms with van der Waals surface area (Å²) in [4.78, 5) is 28.1. The fourth-order valence-electron chi connectivity index (χ4n) is 2.56. The van der Waals surface area contributed by atoms with E-state index in [9.17, 15) is 9.59 Å². The van der Waals surface area contributed by atoms with E-state index in [1.54, 1.807) is 48.7 Å². The number of ether oxygens (including phenoxy) is 1. The van der Waals surface area contributed by atoms with E-state index in [0.29, 0.717) is 16.3 Å². The van der Waals surface area contributed by atoms with Gasteiger partial charge in [0.25, 0.3) is 5.91 Å². The topological polar surface area (TPSA) is 80.3 Å². The molecule has 0 saturated carbocycles. The van der Waals surface area contributed by atoms with Crippen LogP contribution >= 0.6 is 11.6 Å². The first-order valence-electron chi connectivity index (χ1n) is 8.45. The molecule has 2 aromatic carbocycles. The van der Waals surface area contributed by atoms with Crippen LogP contribution in [0.2, 0.25) is 5.02 Å². The number of aromatic nitrogens is 1. The minimum absolute atomic E-state index is 0.258. The first-order valence-corrected chi connectivity index (χ1v) is 8.83. The molecule has 142 valence electrons. The molecular formula is C21H18ClN3O3. The number of methoxy groups -OCH3 is 1. The lowest BCUT2D eigenvalue weighted by Gasteiger charge is -2.11. The quantitative estimate of drug-likeness (QED) is 0.605.